The van der Waals surface area contributed by atoms with Gasteiger partial charge in [0.2, 0.25) is 5.78 Å². The van der Waals surface area contributed by atoms with E-state index >= 15 is 0 Å². The lowest BCUT2D eigenvalue weighted by molar-refractivity contribution is -0.858. The summed E-state index contributed by atoms with van der Waals surface area (Å²) in [5.41, 5.74) is 0.546. The first-order valence-electron chi connectivity index (χ1n) is 10.8. The van der Waals surface area contributed by atoms with Crippen LogP contribution in [0.3, 0.4) is 0 Å². The molecular weight excluding hydrogens is 460 g/mol. The van der Waals surface area contributed by atoms with Gasteiger partial charge in [-0.1, -0.05) is 35.6 Å². The van der Waals surface area contributed by atoms with Gasteiger partial charge in [0.05, 0.1) is 53.0 Å². The highest BCUT2D eigenvalue weighted by molar-refractivity contribution is 6.46. The van der Waals surface area contributed by atoms with Crippen LogP contribution in [0.2, 0.25) is 5.02 Å². The third kappa shape index (κ3) is 4.83. The molecule has 1 fully saturated rings. The van der Waals surface area contributed by atoms with Crippen LogP contribution in [0.1, 0.15) is 23.6 Å². The van der Waals surface area contributed by atoms with Gasteiger partial charge in [-0.2, -0.15) is 0 Å². The molecule has 0 spiro atoms. The van der Waals surface area contributed by atoms with Gasteiger partial charge in [-0.15, -0.1) is 0 Å². The Morgan fingerprint density at radius 2 is 1.76 bits per heavy atom. The molecule has 0 aliphatic carbocycles. The van der Waals surface area contributed by atoms with Crippen LogP contribution < -0.4 is 24.2 Å². The Morgan fingerprint density at radius 1 is 1.06 bits per heavy atom. The number of carbonyl (C=O) groups is 2. The lowest BCUT2D eigenvalue weighted by Gasteiger charge is -2.29. The first-order chi connectivity index (χ1) is 16.2. The number of ether oxygens (including phenoxy) is 3. The molecule has 3 rings (SSSR count). The fourth-order valence-corrected chi connectivity index (χ4v) is 4.38. The van der Waals surface area contributed by atoms with Crippen LogP contribution in [0.5, 0.6) is 17.2 Å². The smallest absolute Gasteiger partial charge is 0.295 e. The van der Waals surface area contributed by atoms with Crippen LogP contribution in [-0.4, -0.2) is 65.1 Å². The number of amides is 1. The van der Waals surface area contributed by atoms with Gasteiger partial charge in [-0.25, -0.2) is 0 Å². The molecule has 1 N–H and O–H groups in total. The van der Waals surface area contributed by atoms with Crippen molar-refractivity contribution in [2.24, 2.45) is 0 Å². The zero-order valence-corrected chi connectivity index (χ0v) is 20.7. The highest BCUT2D eigenvalue weighted by atomic mass is 35.5. The molecule has 2 aromatic carbocycles. The molecule has 1 saturated heterocycles. The summed E-state index contributed by atoms with van der Waals surface area (Å²) in [7, 11) is 8.46. The van der Waals surface area contributed by atoms with Crippen molar-refractivity contribution < 1.29 is 33.8 Å². The van der Waals surface area contributed by atoms with Crippen molar-refractivity contribution >= 4 is 29.1 Å². The number of para-hydroxylation sites is 1. The molecule has 182 valence electrons. The van der Waals surface area contributed by atoms with E-state index in [9.17, 15) is 14.7 Å². The van der Waals surface area contributed by atoms with E-state index in [0.29, 0.717) is 35.8 Å². The standard InChI is InChI=1S/C25H29ClN2O6/c1-27(2)12-7-13-28-21(16-8-6-9-19(33-4)24(16)34-5)20(23(30)25(28)31)22(29)15-10-11-18(32-3)17(26)14-15/h6,8-11,14,21,29H,7,12-13H2,1-5H3. The quantitative estimate of drug-likeness (QED) is 0.323. The molecule has 1 atom stereocenters. The molecule has 1 aliphatic rings. The minimum Gasteiger partial charge on any atom is -0.872 e. The second-order valence-electron chi connectivity index (χ2n) is 8.22. The zero-order chi connectivity index (χ0) is 25.0. The number of halogens is 1. The van der Waals surface area contributed by atoms with Gasteiger partial charge in [0.15, 0.2) is 11.5 Å². The van der Waals surface area contributed by atoms with Gasteiger partial charge in [-0.3, -0.25) is 9.59 Å². The van der Waals surface area contributed by atoms with E-state index in [1.807, 2.05) is 14.1 Å². The van der Waals surface area contributed by atoms with E-state index in [0.717, 1.165) is 6.54 Å². The first kappa shape index (κ1) is 25.4. The van der Waals surface area contributed by atoms with Crippen molar-refractivity contribution in [1.29, 1.82) is 0 Å². The molecule has 1 aliphatic heterocycles. The molecule has 0 saturated carbocycles. The highest BCUT2D eigenvalue weighted by Gasteiger charge is 2.45. The van der Waals surface area contributed by atoms with Gasteiger partial charge >= 0.3 is 0 Å². The molecule has 34 heavy (non-hydrogen) atoms. The Hall–Kier alpha value is -3.23. The van der Waals surface area contributed by atoms with Crippen LogP contribution in [0.25, 0.3) is 5.76 Å². The monoisotopic (exact) mass is 488 g/mol. The van der Waals surface area contributed by atoms with Gasteiger partial charge in [0.1, 0.15) is 5.75 Å². The van der Waals surface area contributed by atoms with Crippen molar-refractivity contribution in [1.82, 2.24) is 4.90 Å². The van der Waals surface area contributed by atoms with E-state index in [1.165, 1.54) is 43.3 Å². The predicted molar refractivity (Wildman–Crippen MR) is 126 cm³/mol. The summed E-state index contributed by atoms with van der Waals surface area (Å²) < 4.78 is 16.2. The number of nitrogens with zero attached hydrogens (tertiary/aromatic N) is 1. The van der Waals surface area contributed by atoms with E-state index in [-0.39, 0.29) is 16.2 Å². The maximum Gasteiger partial charge on any atom is 0.295 e. The van der Waals surface area contributed by atoms with Gasteiger partial charge in [-0.05, 0) is 23.8 Å². The number of rotatable bonds is 9. The lowest BCUT2D eigenvalue weighted by atomic mass is 9.94. The third-order valence-corrected chi connectivity index (χ3v) is 6.04. The largest absolute Gasteiger partial charge is 0.872 e. The van der Waals surface area contributed by atoms with E-state index < -0.39 is 23.5 Å². The Morgan fingerprint density at radius 3 is 2.35 bits per heavy atom. The molecular formula is C25H29ClN2O6. The van der Waals surface area contributed by atoms with Crippen LogP contribution in [0.4, 0.5) is 0 Å². The zero-order valence-electron chi connectivity index (χ0n) is 19.9. The number of benzene rings is 2. The normalized spacial score (nSPS) is 17.4. The predicted octanol–water partition coefficient (Wildman–Crippen LogP) is 1.12. The lowest BCUT2D eigenvalue weighted by Crippen LogP contribution is -3.05. The van der Waals surface area contributed by atoms with E-state index in [2.05, 4.69) is 0 Å². The summed E-state index contributed by atoms with van der Waals surface area (Å²) >= 11 is 6.23. The molecule has 9 heteroatoms. The molecule has 0 radical (unpaired) electrons. The number of likely N-dealkylation sites (tertiary alicyclic amines) is 1. The second kappa shape index (κ2) is 10.8. The summed E-state index contributed by atoms with van der Waals surface area (Å²) in [5.74, 6) is -0.924. The Bertz CT molecular complexity index is 1110. The number of methoxy groups -OCH3 is 3. The number of ketones is 1. The van der Waals surface area contributed by atoms with Gasteiger partial charge in [0.25, 0.3) is 5.91 Å². The first-order valence-corrected chi connectivity index (χ1v) is 11.2. The van der Waals surface area contributed by atoms with Crippen molar-refractivity contribution in [2.45, 2.75) is 12.5 Å². The summed E-state index contributed by atoms with van der Waals surface area (Å²) in [6, 6.07) is 8.77. The highest BCUT2D eigenvalue weighted by Crippen LogP contribution is 2.45. The van der Waals surface area contributed by atoms with Crippen LogP contribution in [0.15, 0.2) is 42.0 Å². The maximum atomic E-state index is 13.6. The molecule has 0 bridgehead atoms. The molecule has 2 aromatic rings. The van der Waals surface area contributed by atoms with Crippen LogP contribution in [-0.2, 0) is 9.59 Å². The fourth-order valence-electron chi connectivity index (χ4n) is 4.12. The van der Waals surface area contributed by atoms with Crippen molar-refractivity contribution in [3.05, 3.63) is 58.1 Å². The molecule has 1 amide bonds. The summed E-state index contributed by atoms with van der Waals surface area (Å²) in [5, 5.41) is 13.8. The van der Waals surface area contributed by atoms with Crippen LogP contribution >= 0.6 is 11.6 Å². The summed E-state index contributed by atoms with van der Waals surface area (Å²) in [4.78, 5) is 29.0. The fraction of sp³-hybridized carbons (Fsp3) is 0.360. The topological polar surface area (TPSA) is 92.6 Å². The van der Waals surface area contributed by atoms with E-state index in [1.54, 1.807) is 24.3 Å². The number of nitrogens with one attached hydrogen (secondary N) is 1. The van der Waals surface area contributed by atoms with Crippen LogP contribution in [0, 0.1) is 0 Å². The number of hydrogen-bond acceptors (Lipinski definition) is 6. The molecule has 8 nitrogen and oxygen atoms in total. The SMILES string of the molecule is COc1ccc(C([O-])=C2C(=O)C(=O)N(CCC[NH+](C)C)C2c2cccc(OC)c2OC)cc1Cl. The summed E-state index contributed by atoms with van der Waals surface area (Å²) in [6.45, 7) is 1.10. The minimum absolute atomic E-state index is 0.144. The number of hydrogen-bond donors (Lipinski definition) is 1. The number of carbonyl (C=O) groups excluding carboxylic acids is 2. The van der Waals surface area contributed by atoms with Crippen molar-refractivity contribution in [3.8, 4) is 17.2 Å². The minimum atomic E-state index is -0.921. The second-order valence-corrected chi connectivity index (χ2v) is 8.62. The van der Waals surface area contributed by atoms with Gasteiger partial charge in [0, 0.05) is 24.1 Å². The van der Waals surface area contributed by atoms with E-state index in [4.69, 9.17) is 25.8 Å². The number of quaternary nitrogens is 1. The summed E-state index contributed by atoms with van der Waals surface area (Å²) in [6.07, 6.45) is 0.653. The molecule has 0 aromatic heterocycles. The van der Waals surface area contributed by atoms with Gasteiger partial charge < -0.3 is 29.1 Å². The van der Waals surface area contributed by atoms with Crippen molar-refractivity contribution in [2.75, 3.05) is 48.5 Å². The third-order valence-electron chi connectivity index (χ3n) is 5.75. The molecule has 1 heterocycles. The van der Waals surface area contributed by atoms with Crippen molar-refractivity contribution in [3.63, 3.8) is 0 Å². The Labute approximate surface area is 204 Å². The molecule has 1 unspecified atom stereocenters. The average Bonchev–Trinajstić information content (AvgIpc) is 3.07. The Balaban J connectivity index is 2.21. The maximum absolute atomic E-state index is 13.6. The number of Topliss-reactive ketones (excluding diaryl/α,β-unsaturated/α-hetero) is 1. The Kier molecular flexibility index (Phi) is 8.06. The average molecular weight is 489 g/mol.